The van der Waals surface area contributed by atoms with Gasteiger partial charge in [0.15, 0.2) is 6.10 Å². The normalized spacial score (nSPS) is 12.7. The number of allylic oxidation sites excluding steroid dienone is 14. The molecule has 0 amide bonds. The van der Waals surface area contributed by atoms with E-state index in [1.807, 2.05) is 0 Å². The third-order valence-electron chi connectivity index (χ3n) is 12.1. The zero-order chi connectivity index (χ0) is 49.3. The Bertz CT molecular complexity index is 1320. The molecule has 0 saturated heterocycles. The number of ether oxygens (including phenoxy) is 3. The maximum absolute atomic E-state index is 12.8. The van der Waals surface area contributed by atoms with E-state index in [0.717, 1.165) is 83.5 Å². The van der Waals surface area contributed by atoms with Crippen molar-refractivity contribution in [2.45, 2.75) is 277 Å². The fourth-order valence-corrected chi connectivity index (χ4v) is 7.75. The van der Waals surface area contributed by atoms with E-state index in [9.17, 15) is 14.4 Å². The summed E-state index contributed by atoms with van der Waals surface area (Å²) in [5.41, 5.74) is 0. The molecule has 0 aliphatic carbocycles. The average molecular weight is 948 g/mol. The molecule has 0 spiro atoms. The largest absolute Gasteiger partial charge is 0.462 e. The van der Waals surface area contributed by atoms with Crippen LogP contribution in [0.5, 0.6) is 0 Å². The van der Waals surface area contributed by atoms with Crippen LogP contribution in [-0.2, 0) is 28.6 Å². The molecule has 0 aliphatic rings. The molecule has 0 rings (SSSR count). The first-order valence-corrected chi connectivity index (χ1v) is 28.6. The molecule has 0 radical (unpaired) electrons. The molecule has 0 aliphatic heterocycles. The average Bonchev–Trinajstić information content (AvgIpc) is 3.34. The third-order valence-corrected chi connectivity index (χ3v) is 12.1. The second kappa shape index (κ2) is 56.2. The highest BCUT2D eigenvalue weighted by atomic mass is 16.6. The first-order valence-electron chi connectivity index (χ1n) is 28.6. The molecule has 0 heterocycles. The van der Waals surface area contributed by atoms with Gasteiger partial charge in [0.05, 0.1) is 0 Å². The van der Waals surface area contributed by atoms with E-state index in [1.54, 1.807) is 0 Å². The SMILES string of the molecule is CCCCC/C=C/C/C=C/C/C=C/C/C=C/CCCC(=O)O[C@H](COC(=O)CCCCCCC/C=C/CCCCCCC)COC(=O)CCCCCCCCCCC/C=C/C/C=C/CCCCC. The molecular weight excluding hydrogens is 841 g/mol. The Morgan fingerprint density at radius 1 is 0.294 bits per heavy atom. The number of unbranched alkanes of at least 4 members (excludes halogenated alkanes) is 26. The first kappa shape index (κ1) is 64.6. The van der Waals surface area contributed by atoms with Crippen LogP contribution in [0.15, 0.2) is 85.1 Å². The maximum atomic E-state index is 12.8. The predicted octanol–water partition coefficient (Wildman–Crippen LogP) is 19.2. The van der Waals surface area contributed by atoms with Gasteiger partial charge in [0.25, 0.3) is 0 Å². The monoisotopic (exact) mass is 947 g/mol. The van der Waals surface area contributed by atoms with Gasteiger partial charge in [0, 0.05) is 19.3 Å². The van der Waals surface area contributed by atoms with Crippen LogP contribution < -0.4 is 0 Å². The molecule has 0 aromatic rings. The van der Waals surface area contributed by atoms with E-state index in [2.05, 4.69) is 106 Å². The van der Waals surface area contributed by atoms with Gasteiger partial charge in [0.1, 0.15) is 13.2 Å². The summed E-state index contributed by atoms with van der Waals surface area (Å²) in [5, 5.41) is 0. The van der Waals surface area contributed by atoms with Gasteiger partial charge < -0.3 is 14.2 Å². The van der Waals surface area contributed by atoms with Crippen molar-refractivity contribution in [1.82, 2.24) is 0 Å². The van der Waals surface area contributed by atoms with E-state index in [-0.39, 0.29) is 37.5 Å². The van der Waals surface area contributed by atoms with Crippen LogP contribution in [0.25, 0.3) is 0 Å². The van der Waals surface area contributed by atoms with E-state index in [0.29, 0.717) is 19.3 Å². The summed E-state index contributed by atoms with van der Waals surface area (Å²) < 4.78 is 16.8. The number of esters is 3. The van der Waals surface area contributed by atoms with Crippen molar-refractivity contribution in [3.05, 3.63) is 85.1 Å². The van der Waals surface area contributed by atoms with Gasteiger partial charge in [0.2, 0.25) is 0 Å². The topological polar surface area (TPSA) is 78.9 Å². The Morgan fingerprint density at radius 3 is 0.912 bits per heavy atom. The summed E-state index contributed by atoms with van der Waals surface area (Å²) in [6.07, 6.45) is 72.9. The van der Waals surface area contributed by atoms with Gasteiger partial charge in [-0.25, -0.2) is 0 Å². The zero-order valence-corrected chi connectivity index (χ0v) is 44.6. The Balaban J connectivity index is 4.47. The zero-order valence-electron chi connectivity index (χ0n) is 44.6. The van der Waals surface area contributed by atoms with Gasteiger partial charge in [-0.05, 0) is 116 Å². The van der Waals surface area contributed by atoms with Gasteiger partial charge in [-0.15, -0.1) is 0 Å². The quantitative estimate of drug-likeness (QED) is 0.0262. The van der Waals surface area contributed by atoms with Crippen molar-refractivity contribution < 1.29 is 28.6 Å². The molecule has 390 valence electrons. The minimum Gasteiger partial charge on any atom is -0.462 e. The lowest BCUT2D eigenvalue weighted by molar-refractivity contribution is -0.167. The molecule has 6 nitrogen and oxygen atoms in total. The highest BCUT2D eigenvalue weighted by Crippen LogP contribution is 2.14. The van der Waals surface area contributed by atoms with Crippen LogP contribution in [0, 0.1) is 0 Å². The van der Waals surface area contributed by atoms with Gasteiger partial charge in [-0.3, -0.25) is 14.4 Å². The number of carbonyl (C=O) groups excluding carboxylic acids is 3. The molecule has 68 heavy (non-hydrogen) atoms. The van der Waals surface area contributed by atoms with Crippen LogP contribution in [-0.4, -0.2) is 37.2 Å². The summed E-state index contributed by atoms with van der Waals surface area (Å²) in [5.74, 6) is -0.968. The van der Waals surface area contributed by atoms with Crippen molar-refractivity contribution in [2.75, 3.05) is 13.2 Å². The van der Waals surface area contributed by atoms with Crippen molar-refractivity contribution in [1.29, 1.82) is 0 Å². The van der Waals surface area contributed by atoms with Crippen LogP contribution in [0.3, 0.4) is 0 Å². The Labute approximate surface area is 420 Å². The lowest BCUT2D eigenvalue weighted by Gasteiger charge is -2.18. The molecule has 0 N–H and O–H groups in total. The van der Waals surface area contributed by atoms with Crippen molar-refractivity contribution in [3.63, 3.8) is 0 Å². The smallest absolute Gasteiger partial charge is 0.306 e. The minimum atomic E-state index is -0.811. The third kappa shape index (κ3) is 53.5. The highest BCUT2D eigenvalue weighted by Gasteiger charge is 2.19. The molecule has 0 aromatic heterocycles. The number of hydrogen-bond acceptors (Lipinski definition) is 6. The van der Waals surface area contributed by atoms with Crippen molar-refractivity contribution in [3.8, 4) is 0 Å². The standard InChI is InChI=1S/C62H106O6/c1-4-7-10-13-16-19-22-25-28-30-31-33-34-37-40-43-46-49-52-55-61(64)67-58-59(57-66-60(63)54-51-48-45-42-39-36-27-24-21-18-15-12-9-6-3)68-62(65)56-53-50-47-44-41-38-35-32-29-26-23-20-17-14-11-8-5-2/h16-17,19-20,24-29,35,38,44,47,59H,4-15,18,21-23,30-34,36-37,39-43,45-46,48-58H2,1-3H3/b19-16+,20-17+,27-24+,28-25+,29-26+,38-35+,47-44+/t59-/m1/s1. The van der Waals surface area contributed by atoms with Crippen LogP contribution in [0.4, 0.5) is 0 Å². The molecule has 0 bridgehead atoms. The maximum Gasteiger partial charge on any atom is 0.306 e. The molecule has 6 heteroatoms. The van der Waals surface area contributed by atoms with Crippen LogP contribution in [0.2, 0.25) is 0 Å². The van der Waals surface area contributed by atoms with E-state index in [4.69, 9.17) is 14.2 Å². The van der Waals surface area contributed by atoms with E-state index in [1.165, 1.54) is 141 Å². The summed E-state index contributed by atoms with van der Waals surface area (Å²) in [6, 6.07) is 0. The number of carbonyl (C=O) groups is 3. The Hall–Kier alpha value is -3.41. The molecule has 1 atom stereocenters. The molecular formula is C62H106O6. The Kier molecular flexibility index (Phi) is 53.4. The summed E-state index contributed by atoms with van der Waals surface area (Å²) in [4.78, 5) is 38.1. The molecule has 0 fully saturated rings. The van der Waals surface area contributed by atoms with E-state index < -0.39 is 6.10 Å². The lowest BCUT2D eigenvalue weighted by atomic mass is 10.1. The summed E-state index contributed by atoms with van der Waals surface area (Å²) in [7, 11) is 0. The van der Waals surface area contributed by atoms with Crippen LogP contribution in [0.1, 0.15) is 271 Å². The number of rotatable bonds is 51. The summed E-state index contributed by atoms with van der Waals surface area (Å²) in [6.45, 7) is 6.53. The van der Waals surface area contributed by atoms with Crippen molar-refractivity contribution in [2.24, 2.45) is 0 Å². The lowest BCUT2D eigenvalue weighted by Crippen LogP contribution is -2.30. The number of hydrogen-bond donors (Lipinski definition) is 0. The van der Waals surface area contributed by atoms with Gasteiger partial charge in [-0.1, -0.05) is 221 Å². The fraction of sp³-hybridized carbons (Fsp3) is 0.726. The molecule has 0 aromatic carbocycles. The predicted molar refractivity (Wildman–Crippen MR) is 293 cm³/mol. The van der Waals surface area contributed by atoms with Gasteiger partial charge in [-0.2, -0.15) is 0 Å². The highest BCUT2D eigenvalue weighted by molar-refractivity contribution is 5.71. The van der Waals surface area contributed by atoms with E-state index >= 15 is 0 Å². The second-order valence-corrected chi connectivity index (χ2v) is 18.8. The summed E-state index contributed by atoms with van der Waals surface area (Å²) >= 11 is 0. The van der Waals surface area contributed by atoms with Gasteiger partial charge >= 0.3 is 17.9 Å². The Morgan fingerprint density at radius 2 is 0.544 bits per heavy atom. The first-order chi connectivity index (χ1) is 33.5. The second-order valence-electron chi connectivity index (χ2n) is 18.8. The fourth-order valence-electron chi connectivity index (χ4n) is 7.75. The molecule has 0 saturated carbocycles. The minimum absolute atomic E-state index is 0.103. The molecule has 0 unspecified atom stereocenters. The van der Waals surface area contributed by atoms with Crippen molar-refractivity contribution >= 4 is 17.9 Å². The van der Waals surface area contributed by atoms with Crippen LogP contribution >= 0.6 is 0 Å².